The normalized spacial score (nSPS) is 19.1. The number of nitrogens with zero attached hydrogens (tertiary/aromatic N) is 1. The minimum Gasteiger partial charge on any atom is -0.512 e. The van der Waals surface area contributed by atoms with E-state index in [-0.39, 0.29) is 28.9 Å². The van der Waals surface area contributed by atoms with Gasteiger partial charge in [-0.1, -0.05) is 68.4 Å². The number of hydrogen-bond acceptors (Lipinski definition) is 3. The third-order valence-electron chi connectivity index (χ3n) is 4.87. The average Bonchev–Trinajstić information content (AvgIpc) is 2.86. The Morgan fingerprint density at radius 3 is 2.15 bits per heavy atom. The Morgan fingerprint density at radius 2 is 1.59 bits per heavy atom. The highest BCUT2D eigenvalue weighted by Crippen LogP contribution is 2.29. The van der Waals surface area contributed by atoms with Crippen molar-refractivity contribution in [3.8, 4) is 11.1 Å². The van der Waals surface area contributed by atoms with Crippen LogP contribution >= 0.6 is 0 Å². The van der Waals surface area contributed by atoms with E-state index < -0.39 is 6.04 Å². The molecule has 0 aliphatic carbocycles. The second kappa shape index (κ2) is 7.78. The molecule has 1 fully saturated rings. The van der Waals surface area contributed by atoms with E-state index in [1.165, 1.54) is 6.92 Å². The molecule has 1 heterocycles. The summed E-state index contributed by atoms with van der Waals surface area (Å²) in [6.07, 6.45) is 0.587. The zero-order valence-corrected chi connectivity index (χ0v) is 16.0. The lowest BCUT2D eigenvalue weighted by Gasteiger charge is -2.24. The van der Waals surface area contributed by atoms with Gasteiger partial charge in [0.1, 0.15) is 11.3 Å². The summed E-state index contributed by atoms with van der Waals surface area (Å²) >= 11 is 0. The molecule has 1 N–H and O–H groups in total. The van der Waals surface area contributed by atoms with Crippen LogP contribution in [-0.2, 0) is 16.1 Å². The number of aliphatic hydroxyl groups is 1. The van der Waals surface area contributed by atoms with E-state index in [0.717, 1.165) is 16.7 Å². The molecule has 0 radical (unpaired) electrons. The van der Waals surface area contributed by atoms with Crippen LogP contribution in [0.4, 0.5) is 0 Å². The van der Waals surface area contributed by atoms with Crippen molar-refractivity contribution < 1.29 is 14.7 Å². The van der Waals surface area contributed by atoms with Gasteiger partial charge in [-0.05, 0) is 36.0 Å². The second-order valence-electron chi connectivity index (χ2n) is 7.47. The van der Waals surface area contributed by atoms with Crippen molar-refractivity contribution in [2.24, 2.45) is 5.92 Å². The van der Waals surface area contributed by atoms with Crippen molar-refractivity contribution in [3.63, 3.8) is 0 Å². The lowest BCUT2D eigenvalue weighted by Crippen LogP contribution is -2.36. The van der Waals surface area contributed by atoms with Crippen LogP contribution in [0, 0.1) is 5.92 Å². The number of likely N-dealkylation sites (tertiary alicyclic amines) is 1. The van der Waals surface area contributed by atoms with Crippen LogP contribution in [0.25, 0.3) is 11.1 Å². The minimum absolute atomic E-state index is 0.0680. The third-order valence-corrected chi connectivity index (χ3v) is 4.87. The average molecular weight is 363 g/mol. The van der Waals surface area contributed by atoms with E-state index in [0.29, 0.717) is 13.0 Å². The monoisotopic (exact) mass is 363 g/mol. The summed E-state index contributed by atoms with van der Waals surface area (Å²) in [4.78, 5) is 27.0. The number of Topliss-reactive ketones (excluding diaryl/α,β-unsaturated/α-hetero) is 1. The first-order valence-corrected chi connectivity index (χ1v) is 9.28. The molecule has 0 bridgehead atoms. The first-order chi connectivity index (χ1) is 12.9. The van der Waals surface area contributed by atoms with Gasteiger partial charge in [-0.25, -0.2) is 0 Å². The standard InChI is InChI=1S/C23H25NO3/c1-15(2)13-20-22(26)21(16(3)25)23(27)24(20)14-17-9-11-19(12-10-17)18-7-5-4-6-8-18/h4-12,15,20,25H,13-14H2,1-3H3/b21-16-/t20-/m0/s1. The summed E-state index contributed by atoms with van der Waals surface area (Å²) in [6.45, 7) is 5.81. The predicted molar refractivity (Wildman–Crippen MR) is 106 cm³/mol. The summed E-state index contributed by atoms with van der Waals surface area (Å²) in [6, 6.07) is 17.6. The molecule has 140 valence electrons. The highest BCUT2D eigenvalue weighted by atomic mass is 16.3. The lowest BCUT2D eigenvalue weighted by atomic mass is 9.98. The molecule has 0 spiro atoms. The highest BCUT2D eigenvalue weighted by Gasteiger charge is 2.44. The van der Waals surface area contributed by atoms with Crippen LogP contribution in [-0.4, -0.2) is 27.7 Å². The molecular formula is C23H25NO3. The van der Waals surface area contributed by atoms with Gasteiger partial charge in [0.25, 0.3) is 5.91 Å². The van der Waals surface area contributed by atoms with Gasteiger partial charge in [-0.15, -0.1) is 0 Å². The molecule has 1 saturated heterocycles. The molecule has 1 atom stereocenters. The van der Waals surface area contributed by atoms with Gasteiger partial charge < -0.3 is 10.0 Å². The topological polar surface area (TPSA) is 57.6 Å². The number of ketones is 1. The quantitative estimate of drug-likeness (QED) is 0.483. The van der Waals surface area contributed by atoms with Crippen LogP contribution in [0.5, 0.6) is 0 Å². The van der Waals surface area contributed by atoms with Crippen LogP contribution in [0.15, 0.2) is 65.9 Å². The number of aliphatic hydroxyl groups excluding tert-OH is 1. The van der Waals surface area contributed by atoms with Crippen LogP contribution < -0.4 is 0 Å². The molecule has 4 heteroatoms. The molecule has 0 aromatic heterocycles. The van der Waals surface area contributed by atoms with Crippen molar-refractivity contribution in [1.29, 1.82) is 0 Å². The van der Waals surface area contributed by atoms with E-state index in [1.807, 2.05) is 56.3 Å². The Morgan fingerprint density at radius 1 is 1.00 bits per heavy atom. The molecule has 1 aliphatic heterocycles. The maximum absolute atomic E-state index is 12.7. The molecule has 3 rings (SSSR count). The van der Waals surface area contributed by atoms with E-state index in [9.17, 15) is 14.7 Å². The Kier molecular flexibility index (Phi) is 5.45. The van der Waals surface area contributed by atoms with Gasteiger partial charge >= 0.3 is 0 Å². The van der Waals surface area contributed by atoms with Crippen LogP contribution in [0.2, 0.25) is 0 Å². The van der Waals surface area contributed by atoms with Crippen molar-refractivity contribution in [2.45, 2.75) is 39.8 Å². The maximum atomic E-state index is 12.7. The lowest BCUT2D eigenvalue weighted by molar-refractivity contribution is -0.128. The summed E-state index contributed by atoms with van der Waals surface area (Å²) in [7, 11) is 0. The van der Waals surface area contributed by atoms with Gasteiger partial charge in [0.15, 0.2) is 5.78 Å². The molecule has 2 aromatic carbocycles. The van der Waals surface area contributed by atoms with E-state index in [4.69, 9.17) is 0 Å². The van der Waals surface area contributed by atoms with Crippen molar-refractivity contribution >= 4 is 11.7 Å². The van der Waals surface area contributed by atoms with Crippen molar-refractivity contribution in [1.82, 2.24) is 4.90 Å². The molecule has 27 heavy (non-hydrogen) atoms. The summed E-state index contributed by atoms with van der Waals surface area (Å²) in [5.41, 5.74) is 3.13. The van der Waals surface area contributed by atoms with Crippen LogP contribution in [0.3, 0.4) is 0 Å². The van der Waals surface area contributed by atoms with E-state index in [1.54, 1.807) is 4.90 Å². The molecular weight excluding hydrogens is 338 g/mol. The summed E-state index contributed by atoms with van der Waals surface area (Å²) in [5, 5.41) is 9.80. The van der Waals surface area contributed by atoms with Gasteiger partial charge in [-0.2, -0.15) is 0 Å². The van der Waals surface area contributed by atoms with E-state index in [2.05, 4.69) is 12.1 Å². The predicted octanol–water partition coefficient (Wildman–Crippen LogP) is 4.51. The van der Waals surface area contributed by atoms with Gasteiger partial charge in [-0.3, -0.25) is 9.59 Å². The Hall–Kier alpha value is -2.88. The summed E-state index contributed by atoms with van der Waals surface area (Å²) < 4.78 is 0. The molecule has 4 nitrogen and oxygen atoms in total. The number of rotatable bonds is 5. The van der Waals surface area contributed by atoms with Crippen LogP contribution in [0.1, 0.15) is 32.8 Å². The molecule has 0 saturated carbocycles. The Labute approximate surface area is 160 Å². The van der Waals surface area contributed by atoms with Crippen molar-refractivity contribution in [2.75, 3.05) is 0 Å². The SMILES string of the molecule is C/C(O)=C1\C(=O)[C@H](CC(C)C)N(Cc2ccc(-c3ccccc3)cc2)C1=O. The fraction of sp³-hybridized carbons (Fsp3) is 0.304. The van der Waals surface area contributed by atoms with E-state index >= 15 is 0 Å². The molecule has 1 amide bonds. The largest absolute Gasteiger partial charge is 0.512 e. The molecule has 2 aromatic rings. The maximum Gasteiger partial charge on any atom is 0.261 e. The van der Waals surface area contributed by atoms with Crippen molar-refractivity contribution in [3.05, 3.63) is 71.5 Å². The number of amides is 1. The number of carbonyl (C=O) groups excluding carboxylic acids is 2. The zero-order chi connectivity index (χ0) is 19.6. The van der Waals surface area contributed by atoms with Gasteiger partial charge in [0, 0.05) is 6.54 Å². The fourth-order valence-electron chi connectivity index (χ4n) is 3.52. The highest BCUT2D eigenvalue weighted by molar-refractivity contribution is 6.26. The molecule has 1 aliphatic rings. The second-order valence-corrected chi connectivity index (χ2v) is 7.47. The fourth-order valence-corrected chi connectivity index (χ4v) is 3.52. The Bertz CT molecular complexity index is 862. The minimum atomic E-state index is -0.511. The smallest absolute Gasteiger partial charge is 0.261 e. The number of carbonyl (C=O) groups is 2. The third kappa shape index (κ3) is 3.95. The molecule has 0 unspecified atom stereocenters. The first kappa shape index (κ1) is 18.9. The summed E-state index contributed by atoms with van der Waals surface area (Å²) in [5.74, 6) is -0.568. The number of benzene rings is 2. The number of allylic oxidation sites excluding steroid dienone is 1. The Balaban J connectivity index is 1.85. The first-order valence-electron chi connectivity index (χ1n) is 9.28. The zero-order valence-electron chi connectivity index (χ0n) is 16.0. The van der Waals surface area contributed by atoms with Gasteiger partial charge in [0.05, 0.1) is 6.04 Å². The van der Waals surface area contributed by atoms with Gasteiger partial charge in [0.2, 0.25) is 0 Å². The number of hydrogen-bond donors (Lipinski definition) is 1.